The summed E-state index contributed by atoms with van der Waals surface area (Å²) in [6.07, 6.45) is 6.13. The zero-order chi connectivity index (χ0) is 17.1. The third-order valence-corrected chi connectivity index (χ3v) is 6.28. The summed E-state index contributed by atoms with van der Waals surface area (Å²) >= 11 is 3.20. The molecule has 0 unspecified atom stereocenters. The van der Waals surface area contributed by atoms with Crippen LogP contribution in [0, 0.1) is 5.82 Å². The molecule has 1 saturated carbocycles. The minimum absolute atomic E-state index is 0.231. The molecule has 0 saturated heterocycles. The molecule has 0 spiro atoms. The molecule has 0 radical (unpaired) electrons. The van der Waals surface area contributed by atoms with E-state index in [0.29, 0.717) is 6.04 Å². The molecule has 0 bridgehead atoms. The summed E-state index contributed by atoms with van der Waals surface area (Å²) in [6, 6.07) is 6.87. The molecule has 3 aromatic rings. The van der Waals surface area contributed by atoms with Crippen molar-refractivity contribution >= 4 is 23.1 Å². The third-order valence-electron chi connectivity index (χ3n) is 4.38. The SMILES string of the molecule is Fc1ccc(-c2nc(CSc3nnnn3C3CCCCC3)cs2)cc1. The van der Waals surface area contributed by atoms with Crippen LogP contribution < -0.4 is 0 Å². The Morgan fingerprint density at radius 3 is 2.76 bits per heavy atom. The first-order valence-corrected chi connectivity index (χ1v) is 10.3. The average Bonchev–Trinajstić information content (AvgIpc) is 3.31. The Bertz CT molecular complexity index is 824. The molecule has 1 fully saturated rings. The van der Waals surface area contributed by atoms with Gasteiger partial charge in [-0.05, 0) is 47.5 Å². The first-order chi connectivity index (χ1) is 12.3. The van der Waals surface area contributed by atoms with Gasteiger partial charge in [-0.3, -0.25) is 0 Å². The van der Waals surface area contributed by atoms with Gasteiger partial charge in [0.1, 0.15) is 10.8 Å². The summed E-state index contributed by atoms with van der Waals surface area (Å²) in [6.45, 7) is 0. The maximum absolute atomic E-state index is 13.0. The van der Waals surface area contributed by atoms with E-state index in [1.165, 1.54) is 31.4 Å². The standard InChI is InChI=1S/C17H18FN5S2/c18-13-8-6-12(7-9-13)16-19-14(10-24-16)11-25-17-20-21-22-23(17)15-4-2-1-3-5-15/h6-10,15H,1-5,11H2. The van der Waals surface area contributed by atoms with Crippen LogP contribution in [0.1, 0.15) is 43.8 Å². The number of halogens is 1. The number of hydrogen-bond donors (Lipinski definition) is 0. The van der Waals surface area contributed by atoms with Gasteiger partial charge in [0.15, 0.2) is 0 Å². The topological polar surface area (TPSA) is 56.5 Å². The summed E-state index contributed by atoms with van der Waals surface area (Å²) in [4.78, 5) is 4.65. The number of nitrogens with zero attached hydrogens (tertiary/aromatic N) is 5. The van der Waals surface area contributed by atoms with Gasteiger partial charge >= 0.3 is 0 Å². The van der Waals surface area contributed by atoms with Crippen LogP contribution in [0.5, 0.6) is 0 Å². The van der Waals surface area contributed by atoms with Crippen molar-refractivity contribution in [1.82, 2.24) is 25.2 Å². The van der Waals surface area contributed by atoms with E-state index in [1.54, 1.807) is 35.2 Å². The fourth-order valence-corrected chi connectivity index (χ4v) is 4.84. The van der Waals surface area contributed by atoms with Crippen LogP contribution in [-0.4, -0.2) is 25.2 Å². The second-order valence-corrected chi connectivity index (χ2v) is 7.94. The van der Waals surface area contributed by atoms with E-state index >= 15 is 0 Å². The molecule has 0 aliphatic heterocycles. The predicted octanol–water partition coefficient (Wildman–Crippen LogP) is 4.73. The number of hydrogen-bond acceptors (Lipinski definition) is 6. The van der Waals surface area contributed by atoms with Crippen LogP contribution in [0.15, 0.2) is 34.8 Å². The van der Waals surface area contributed by atoms with E-state index in [0.717, 1.165) is 40.0 Å². The van der Waals surface area contributed by atoms with E-state index in [4.69, 9.17) is 0 Å². The molecule has 5 nitrogen and oxygen atoms in total. The summed E-state index contributed by atoms with van der Waals surface area (Å²) in [5.41, 5.74) is 1.93. The van der Waals surface area contributed by atoms with Crippen molar-refractivity contribution in [3.63, 3.8) is 0 Å². The fraction of sp³-hybridized carbons (Fsp3) is 0.412. The predicted molar refractivity (Wildman–Crippen MR) is 97.0 cm³/mol. The molecule has 2 aromatic heterocycles. The van der Waals surface area contributed by atoms with Crippen molar-refractivity contribution in [2.45, 2.75) is 49.1 Å². The zero-order valence-corrected chi connectivity index (χ0v) is 15.3. The summed E-state index contributed by atoms with van der Waals surface area (Å²) in [5.74, 6) is 0.496. The van der Waals surface area contributed by atoms with E-state index in [-0.39, 0.29) is 5.82 Å². The Hall–Kier alpha value is -1.80. The maximum atomic E-state index is 13.0. The lowest BCUT2D eigenvalue weighted by atomic mass is 9.96. The van der Waals surface area contributed by atoms with Gasteiger partial charge in [-0.1, -0.05) is 31.0 Å². The monoisotopic (exact) mass is 375 g/mol. The molecule has 25 heavy (non-hydrogen) atoms. The number of rotatable bonds is 5. The summed E-state index contributed by atoms with van der Waals surface area (Å²) in [5, 5.41) is 16.0. The molecule has 4 rings (SSSR count). The number of thiazole rings is 1. The van der Waals surface area contributed by atoms with Crippen molar-refractivity contribution in [3.05, 3.63) is 41.2 Å². The molecule has 8 heteroatoms. The molecule has 1 aromatic carbocycles. The summed E-state index contributed by atoms with van der Waals surface area (Å²) < 4.78 is 15.0. The van der Waals surface area contributed by atoms with Crippen molar-refractivity contribution in [1.29, 1.82) is 0 Å². The Kier molecular flexibility index (Phi) is 5.07. The van der Waals surface area contributed by atoms with Gasteiger partial charge in [-0.2, -0.15) is 0 Å². The van der Waals surface area contributed by atoms with Gasteiger partial charge in [0.05, 0.1) is 11.7 Å². The molecular formula is C17H18FN5S2. The van der Waals surface area contributed by atoms with Gasteiger partial charge in [0, 0.05) is 16.7 Å². The van der Waals surface area contributed by atoms with Crippen LogP contribution in [-0.2, 0) is 5.75 Å². The number of benzene rings is 1. The molecule has 0 amide bonds. The van der Waals surface area contributed by atoms with Gasteiger partial charge in [0.2, 0.25) is 5.16 Å². The van der Waals surface area contributed by atoms with E-state index < -0.39 is 0 Å². The lowest BCUT2D eigenvalue weighted by Crippen LogP contribution is -2.15. The Morgan fingerprint density at radius 2 is 1.96 bits per heavy atom. The molecule has 1 aliphatic carbocycles. The lowest BCUT2D eigenvalue weighted by Gasteiger charge is -2.21. The van der Waals surface area contributed by atoms with Crippen LogP contribution in [0.2, 0.25) is 0 Å². The van der Waals surface area contributed by atoms with Crippen molar-refractivity contribution in [3.8, 4) is 10.6 Å². The van der Waals surface area contributed by atoms with Crippen molar-refractivity contribution in [2.24, 2.45) is 0 Å². The van der Waals surface area contributed by atoms with Crippen LogP contribution >= 0.6 is 23.1 Å². The lowest BCUT2D eigenvalue weighted by molar-refractivity contribution is 0.307. The van der Waals surface area contributed by atoms with E-state index in [1.807, 2.05) is 10.1 Å². The van der Waals surface area contributed by atoms with Crippen LogP contribution in [0.3, 0.4) is 0 Å². The Morgan fingerprint density at radius 1 is 1.16 bits per heavy atom. The number of aromatic nitrogens is 5. The number of tetrazole rings is 1. The average molecular weight is 375 g/mol. The van der Waals surface area contributed by atoms with Gasteiger partial charge in [-0.15, -0.1) is 16.4 Å². The van der Waals surface area contributed by atoms with Crippen LogP contribution in [0.4, 0.5) is 4.39 Å². The third kappa shape index (κ3) is 3.90. The van der Waals surface area contributed by atoms with Crippen molar-refractivity contribution in [2.75, 3.05) is 0 Å². The van der Waals surface area contributed by atoms with Gasteiger partial charge in [-0.25, -0.2) is 14.1 Å². The second-order valence-electron chi connectivity index (χ2n) is 6.14. The van der Waals surface area contributed by atoms with Crippen molar-refractivity contribution < 1.29 is 4.39 Å². The highest BCUT2D eigenvalue weighted by atomic mass is 32.2. The highest BCUT2D eigenvalue weighted by Gasteiger charge is 2.20. The van der Waals surface area contributed by atoms with Gasteiger partial charge in [0.25, 0.3) is 0 Å². The smallest absolute Gasteiger partial charge is 0.209 e. The molecule has 1 aliphatic rings. The first kappa shape index (κ1) is 16.7. The number of thioether (sulfide) groups is 1. The van der Waals surface area contributed by atoms with Gasteiger partial charge < -0.3 is 0 Å². The normalized spacial score (nSPS) is 15.6. The first-order valence-electron chi connectivity index (χ1n) is 8.40. The molecule has 0 atom stereocenters. The second kappa shape index (κ2) is 7.61. The minimum Gasteiger partial charge on any atom is -0.240 e. The Balaban J connectivity index is 1.42. The highest BCUT2D eigenvalue weighted by molar-refractivity contribution is 7.98. The maximum Gasteiger partial charge on any atom is 0.209 e. The van der Waals surface area contributed by atoms with E-state index in [9.17, 15) is 4.39 Å². The highest BCUT2D eigenvalue weighted by Crippen LogP contribution is 2.32. The largest absolute Gasteiger partial charge is 0.240 e. The summed E-state index contributed by atoms with van der Waals surface area (Å²) in [7, 11) is 0. The zero-order valence-electron chi connectivity index (χ0n) is 13.6. The fourth-order valence-electron chi connectivity index (χ4n) is 3.07. The minimum atomic E-state index is -0.231. The van der Waals surface area contributed by atoms with E-state index in [2.05, 4.69) is 20.5 Å². The Labute approximate surface area is 153 Å². The quantitative estimate of drug-likeness (QED) is 0.603. The molecule has 0 N–H and O–H groups in total. The molecular weight excluding hydrogens is 357 g/mol. The molecule has 2 heterocycles. The molecule has 130 valence electrons. The van der Waals surface area contributed by atoms with Crippen LogP contribution in [0.25, 0.3) is 10.6 Å².